The van der Waals surface area contributed by atoms with E-state index in [9.17, 15) is 12.8 Å². The fourth-order valence-electron chi connectivity index (χ4n) is 4.88. The molecule has 0 unspecified atom stereocenters. The van der Waals surface area contributed by atoms with E-state index in [1.54, 1.807) is 36.4 Å². The van der Waals surface area contributed by atoms with E-state index >= 15 is 0 Å². The summed E-state index contributed by atoms with van der Waals surface area (Å²) in [5.41, 5.74) is 2.33. The lowest BCUT2D eigenvalue weighted by molar-refractivity contribution is -0.00270. The summed E-state index contributed by atoms with van der Waals surface area (Å²) < 4.78 is 40.1. The summed E-state index contributed by atoms with van der Waals surface area (Å²) in [5, 5.41) is 6.34. The number of sulfonamides is 1. The number of rotatable bonds is 7. The lowest BCUT2D eigenvalue weighted by Gasteiger charge is -2.60. The Bertz CT molecular complexity index is 1410. The maximum Gasteiger partial charge on any atom is 0.232 e. The average Bonchev–Trinajstić information content (AvgIpc) is 2.77. The number of hydrogen-bond acceptors (Lipinski definition) is 8. The van der Waals surface area contributed by atoms with Crippen molar-refractivity contribution in [1.29, 1.82) is 0 Å². The van der Waals surface area contributed by atoms with E-state index in [1.807, 2.05) is 0 Å². The van der Waals surface area contributed by atoms with E-state index in [0.717, 1.165) is 36.7 Å². The second-order valence-corrected chi connectivity index (χ2v) is 12.0. The zero-order valence-corrected chi connectivity index (χ0v) is 21.7. The predicted molar refractivity (Wildman–Crippen MR) is 142 cm³/mol. The smallest absolute Gasteiger partial charge is 0.232 e. The first-order chi connectivity index (χ1) is 17.0. The molecule has 1 aromatic heterocycles. The largest absolute Gasteiger partial charge is 0.368 e. The first-order valence-electron chi connectivity index (χ1n) is 11.4. The van der Waals surface area contributed by atoms with Crippen molar-refractivity contribution in [3.63, 3.8) is 0 Å². The fourth-order valence-corrected chi connectivity index (χ4v) is 5.53. The van der Waals surface area contributed by atoms with Gasteiger partial charge in [-0.15, -0.1) is 0 Å². The number of halogens is 2. The Morgan fingerprint density at radius 1 is 1.11 bits per heavy atom. The molecule has 0 amide bonds. The highest BCUT2D eigenvalue weighted by atomic mass is 35.5. The highest BCUT2D eigenvalue weighted by Gasteiger charge is 2.50. The Balaban J connectivity index is 1.31. The van der Waals surface area contributed by atoms with Crippen LogP contribution in [0.25, 0.3) is 0 Å². The van der Waals surface area contributed by atoms with Crippen molar-refractivity contribution in [2.75, 3.05) is 66.4 Å². The van der Waals surface area contributed by atoms with E-state index in [4.69, 9.17) is 11.6 Å². The molecule has 2 aliphatic rings. The predicted octanol–water partition coefficient (Wildman–Crippen LogP) is 3.90. The van der Waals surface area contributed by atoms with Crippen molar-refractivity contribution in [2.24, 2.45) is 5.41 Å². The molecular weight excluding hydrogens is 505 g/mol. The number of benzene rings is 2. The number of hydrogen-bond donors (Lipinski definition) is 2. The van der Waals surface area contributed by atoms with Crippen molar-refractivity contribution in [3.8, 4) is 0 Å². The number of likely N-dealkylation sites (tertiary alicyclic amines) is 1. The van der Waals surface area contributed by atoms with Crippen LogP contribution in [0.1, 0.15) is 0 Å². The van der Waals surface area contributed by atoms with Gasteiger partial charge in [-0.2, -0.15) is 4.98 Å². The van der Waals surface area contributed by atoms with Gasteiger partial charge in [0.1, 0.15) is 10.8 Å². The maximum absolute atomic E-state index is 14.9. The van der Waals surface area contributed by atoms with Crippen LogP contribution in [-0.4, -0.2) is 69.8 Å². The molecular formula is C24H27ClFN7O2S. The van der Waals surface area contributed by atoms with E-state index < -0.39 is 10.0 Å². The summed E-state index contributed by atoms with van der Waals surface area (Å²) >= 11 is 6.31. The number of para-hydroxylation sites is 2. The zero-order chi connectivity index (χ0) is 25.7. The number of aromatic nitrogens is 2. The monoisotopic (exact) mass is 531 g/mol. The van der Waals surface area contributed by atoms with Crippen molar-refractivity contribution in [3.05, 3.63) is 59.5 Å². The van der Waals surface area contributed by atoms with Gasteiger partial charge in [0.05, 0.1) is 29.5 Å². The third-order valence-corrected chi connectivity index (χ3v) is 8.01. The van der Waals surface area contributed by atoms with Crippen LogP contribution >= 0.6 is 11.6 Å². The van der Waals surface area contributed by atoms with Crippen LogP contribution in [0.4, 0.5) is 38.9 Å². The molecule has 5 rings (SSSR count). The van der Waals surface area contributed by atoms with Gasteiger partial charge in [0.25, 0.3) is 0 Å². The van der Waals surface area contributed by atoms with Gasteiger partial charge in [-0.3, -0.25) is 4.31 Å². The third-order valence-electron chi connectivity index (χ3n) is 6.55. The third kappa shape index (κ3) is 4.78. The molecule has 2 aliphatic heterocycles. The van der Waals surface area contributed by atoms with Crippen LogP contribution in [0.3, 0.4) is 0 Å². The molecule has 2 fully saturated rings. The van der Waals surface area contributed by atoms with Gasteiger partial charge in [0.2, 0.25) is 16.0 Å². The Hall–Kier alpha value is -3.15. The Morgan fingerprint density at radius 2 is 1.83 bits per heavy atom. The fraction of sp³-hybridized carbons (Fsp3) is 0.333. The van der Waals surface area contributed by atoms with Crippen LogP contribution < -0.4 is 19.8 Å². The molecule has 0 atom stereocenters. The first kappa shape index (κ1) is 24.5. The van der Waals surface area contributed by atoms with E-state index in [-0.39, 0.29) is 22.6 Å². The Kier molecular flexibility index (Phi) is 6.17. The van der Waals surface area contributed by atoms with Gasteiger partial charge in [-0.1, -0.05) is 23.7 Å². The molecule has 2 N–H and O–H groups in total. The first-order valence-corrected chi connectivity index (χ1v) is 13.6. The van der Waals surface area contributed by atoms with Crippen LogP contribution in [-0.2, 0) is 10.0 Å². The van der Waals surface area contributed by atoms with Gasteiger partial charge < -0.3 is 20.4 Å². The van der Waals surface area contributed by atoms with E-state index in [1.165, 1.54) is 19.3 Å². The van der Waals surface area contributed by atoms with E-state index in [2.05, 4.69) is 37.4 Å². The summed E-state index contributed by atoms with van der Waals surface area (Å²) in [6, 6.07) is 11.9. The molecule has 2 aromatic carbocycles. The quantitative estimate of drug-likeness (QED) is 0.474. The van der Waals surface area contributed by atoms with Gasteiger partial charge in [-0.25, -0.2) is 17.8 Å². The molecule has 190 valence electrons. The summed E-state index contributed by atoms with van der Waals surface area (Å²) in [6.07, 6.45) is 2.54. The Morgan fingerprint density at radius 3 is 2.50 bits per heavy atom. The standard InChI is InChI=1S/C24H27ClFN7O2S/c1-31-12-24(13-31)14-33(15-24)20-9-8-16(10-18(20)26)28-23-27-11-17(25)22(30-23)29-19-6-4-5-7-21(19)32(2)36(3,34)35/h4-11H,12-15H2,1-3H3,(H2,27,28,29,30). The van der Waals surface area contributed by atoms with Gasteiger partial charge in [-0.05, 0) is 37.4 Å². The van der Waals surface area contributed by atoms with Crippen molar-refractivity contribution in [1.82, 2.24) is 14.9 Å². The molecule has 0 bridgehead atoms. The number of anilines is 6. The molecule has 0 saturated carbocycles. The van der Waals surface area contributed by atoms with Crippen LogP contribution in [0.2, 0.25) is 5.02 Å². The zero-order valence-electron chi connectivity index (χ0n) is 20.2. The SMILES string of the molecule is CN1CC2(C1)CN(c1ccc(Nc3ncc(Cl)c(Nc4ccccc4N(C)S(C)(=O)=O)n3)cc1F)C2. The molecule has 1 spiro atoms. The normalized spacial score (nSPS) is 16.9. The van der Waals surface area contributed by atoms with Crippen LogP contribution in [0.5, 0.6) is 0 Å². The van der Waals surface area contributed by atoms with Gasteiger partial charge in [0.15, 0.2) is 5.82 Å². The molecule has 12 heteroatoms. The molecule has 36 heavy (non-hydrogen) atoms. The number of nitrogens with zero attached hydrogens (tertiary/aromatic N) is 5. The summed E-state index contributed by atoms with van der Waals surface area (Å²) in [5.74, 6) is 0.174. The molecule has 3 aromatic rings. The Labute approximate surface area is 215 Å². The summed E-state index contributed by atoms with van der Waals surface area (Å²) in [4.78, 5) is 13.0. The molecule has 3 heterocycles. The van der Waals surface area contributed by atoms with Gasteiger partial charge in [0, 0.05) is 44.3 Å². The highest BCUT2D eigenvalue weighted by Crippen LogP contribution is 2.42. The second-order valence-electron chi connectivity index (χ2n) is 9.58. The molecule has 9 nitrogen and oxygen atoms in total. The average molecular weight is 532 g/mol. The molecule has 2 saturated heterocycles. The lowest BCUT2D eigenvalue weighted by atomic mass is 9.73. The van der Waals surface area contributed by atoms with Crippen LogP contribution in [0.15, 0.2) is 48.7 Å². The second kappa shape index (κ2) is 9.06. The number of nitrogens with one attached hydrogen (secondary N) is 2. The topological polar surface area (TPSA) is 93.7 Å². The van der Waals surface area contributed by atoms with Crippen LogP contribution in [0, 0.1) is 11.2 Å². The van der Waals surface area contributed by atoms with Gasteiger partial charge >= 0.3 is 0 Å². The minimum Gasteiger partial charge on any atom is -0.368 e. The molecule has 0 aliphatic carbocycles. The minimum absolute atomic E-state index is 0.211. The van der Waals surface area contributed by atoms with E-state index in [0.29, 0.717) is 28.2 Å². The van der Waals surface area contributed by atoms with Crippen molar-refractivity contribution >= 4 is 56.1 Å². The lowest BCUT2D eigenvalue weighted by Crippen LogP contribution is -2.71. The molecule has 0 radical (unpaired) electrons. The minimum atomic E-state index is -3.47. The van der Waals surface area contributed by atoms with Crippen molar-refractivity contribution in [2.45, 2.75) is 0 Å². The maximum atomic E-state index is 14.9. The summed E-state index contributed by atoms with van der Waals surface area (Å²) in [7, 11) is 0.0899. The summed E-state index contributed by atoms with van der Waals surface area (Å²) in [6.45, 7) is 3.85. The van der Waals surface area contributed by atoms with Crippen molar-refractivity contribution < 1.29 is 12.8 Å². The highest BCUT2D eigenvalue weighted by molar-refractivity contribution is 7.92.